The summed E-state index contributed by atoms with van der Waals surface area (Å²) in [6.07, 6.45) is 1.96. The lowest BCUT2D eigenvalue weighted by Gasteiger charge is -2.32. The fourth-order valence-corrected chi connectivity index (χ4v) is 5.62. The van der Waals surface area contributed by atoms with Gasteiger partial charge in [-0.05, 0) is 55.5 Å². The molecule has 2 aromatic heterocycles. The molecule has 8 heteroatoms. The predicted molar refractivity (Wildman–Crippen MR) is 124 cm³/mol. The summed E-state index contributed by atoms with van der Waals surface area (Å²) in [4.78, 5) is 20.8. The molecular weight excluding hydrogens is 413 g/mol. The Bertz CT molecular complexity index is 1150. The van der Waals surface area contributed by atoms with E-state index in [4.69, 9.17) is 5.73 Å². The van der Waals surface area contributed by atoms with Crippen molar-refractivity contribution >= 4 is 38.8 Å². The van der Waals surface area contributed by atoms with Crippen LogP contribution in [0.5, 0.6) is 0 Å². The number of rotatable bonds is 3. The Morgan fingerprint density at radius 3 is 2.90 bits per heavy atom. The summed E-state index contributed by atoms with van der Waals surface area (Å²) in [6, 6.07) is 7.68. The SMILES string of the molecule is Cc1ccc2c(N)c(C(=O)NC3CCc4c(ccc(N5CCNCC5)c4F)C3)sc2n1. The highest BCUT2D eigenvalue weighted by Gasteiger charge is 2.27. The number of aryl methyl sites for hydroxylation is 1. The van der Waals surface area contributed by atoms with Gasteiger partial charge in [0.15, 0.2) is 0 Å². The highest BCUT2D eigenvalue weighted by molar-refractivity contribution is 7.21. The van der Waals surface area contributed by atoms with Gasteiger partial charge in [-0.3, -0.25) is 4.79 Å². The average molecular weight is 440 g/mol. The van der Waals surface area contributed by atoms with Crippen LogP contribution in [0, 0.1) is 12.7 Å². The molecule has 6 nitrogen and oxygen atoms in total. The van der Waals surface area contributed by atoms with Crippen LogP contribution in [0.1, 0.15) is 32.9 Å². The summed E-state index contributed by atoms with van der Waals surface area (Å²) in [7, 11) is 0. The Morgan fingerprint density at radius 1 is 1.29 bits per heavy atom. The molecule has 3 aromatic rings. The number of piperazine rings is 1. The number of amides is 1. The van der Waals surface area contributed by atoms with Gasteiger partial charge in [-0.2, -0.15) is 0 Å². The summed E-state index contributed by atoms with van der Waals surface area (Å²) in [5.41, 5.74) is 10.1. The molecule has 1 aliphatic heterocycles. The Labute approximate surface area is 184 Å². The molecule has 0 bridgehead atoms. The van der Waals surface area contributed by atoms with Crippen LogP contribution in [-0.2, 0) is 12.8 Å². The molecule has 31 heavy (non-hydrogen) atoms. The molecule has 3 heterocycles. The molecule has 1 aliphatic carbocycles. The lowest BCUT2D eigenvalue weighted by molar-refractivity contribution is 0.0938. The highest BCUT2D eigenvalue weighted by atomic mass is 32.1. The lowest BCUT2D eigenvalue weighted by Crippen LogP contribution is -2.44. The van der Waals surface area contributed by atoms with E-state index in [2.05, 4.69) is 20.5 Å². The number of nitrogens with one attached hydrogen (secondary N) is 2. The second kappa shape index (κ2) is 8.09. The molecular formula is C23H26FN5OS. The maximum absolute atomic E-state index is 15.2. The number of aromatic nitrogens is 1. The fraction of sp³-hybridized carbons (Fsp3) is 0.391. The maximum Gasteiger partial charge on any atom is 0.263 e. The van der Waals surface area contributed by atoms with Gasteiger partial charge in [0.25, 0.3) is 5.91 Å². The molecule has 1 saturated heterocycles. The van der Waals surface area contributed by atoms with Gasteiger partial charge in [-0.25, -0.2) is 9.37 Å². The maximum atomic E-state index is 15.2. The van der Waals surface area contributed by atoms with E-state index in [0.29, 0.717) is 35.5 Å². The largest absolute Gasteiger partial charge is 0.397 e. The topological polar surface area (TPSA) is 83.3 Å². The zero-order chi connectivity index (χ0) is 21.5. The summed E-state index contributed by atoms with van der Waals surface area (Å²) >= 11 is 1.32. The number of nitrogen functional groups attached to an aromatic ring is 1. The number of nitrogens with zero attached hydrogens (tertiary/aromatic N) is 2. The van der Waals surface area contributed by atoms with E-state index < -0.39 is 0 Å². The smallest absolute Gasteiger partial charge is 0.263 e. The minimum absolute atomic E-state index is 0.0382. The number of thiophene rings is 1. The van der Waals surface area contributed by atoms with Crippen LogP contribution in [0.25, 0.3) is 10.2 Å². The van der Waals surface area contributed by atoms with Crippen LogP contribution in [0.4, 0.5) is 15.8 Å². The van der Waals surface area contributed by atoms with Crippen LogP contribution in [-0.4, -0.2) is 43.1 Å². The van der Waals surface area contributed by atoms with Crippen LogP contribution in [0.15, 0.2) is 24.3 Å². The molecule has 0 radical (unpaired) electrons. The van der Waals surface area contributed by atoms with Crippen molar-refractivity contribution in [2.75, 3.05) is 36.8 Å². The Balaban J connectivity index is 1.32. The number of carbonyl (C=O) groups is 1. The van der Waals surface area contributed by atoms with Crippen molar-refractivity contribution in [2.45, 2.75) is 32.2 Å². The van der Waals surface area contributed by atoms with Crippen LogP contribution in [0.2, 0.25) is 0 Å². The van der Waals surface area contributed by atoms with Gasteiger partial charge in [0.2, 0.25) is 0 Å². The monoisotopic (exact) mass is 439 g/mol. The Hall–Kier alpha value is -2.71. The number of anilines is 2. The molecule has 0 saturated carbocycles. The number of hydrogen-bond donors (Lipinski definition) is 3. The number of halogens is 1. The van der Waals surface area contributed by atoms with Gasteiger partial charge in [0.05, 0.1) is 11.4 Å². The Kier molecular flexibility index (Phi) is 5.27. The van der Waals surface area contributed by atoms with E-state index >= 15 is 4.39 Å². The van der Waals surface area contributed by atoms with Crippen molar-refractivity contribution in [1.82, 2.24) is 15.6 Å². The number of carbonyl (C=O) groups excluding carboxylic acids is 1. The quantitative estimate of drug-likeness (QED) is 0.584. The van der Waals surface area contributed by atoms with E-state index in [1.165, 1.54) is 11.3 Å². The van der Waals surface area contributed by atoms with Crippen molar-refractivity contribution in [3.63, 3.8) is 0 Å². The number of hydrogen-bond acceptors (Lipinski definition) is 6. The fourth-order valence-electron chi connectivity index (χ4n) is 4.58. The molecule has 1 unspecified atom stereocenters. The van der Waals surface area contributed by atoms with E-state index in [1.54, 1.807) is 0 Å². The zero-order valence-electron chi connectivity index (χ0n) is 17.5. The van der Waals surface area contributed by atoms with E-state index in [9.17, 15) is 4.79 Å². The first-order chi connectivity index (χ1) is 15.0. The van der Waals surface area contributed by atoms with Crippen molar-refractivity contribution in [3.05, 3.63) is 51.8 Å². The molecule has 1 amide bonds. The van der Waals surface area contributed by atoms with Gasteiger partial charge in [-0.15, -0.1) is 11.3 Å². The number of fused-ring (bicyclic) bond motifs is 2. The molecule has 0 spiro atoms. The first-order valence-electron chi connectivity index (χ1n) is 10.7. The normalized spacial score (nSPS) is 18.8. The van der Waals surface area contributed by atoms with Gasteiger partial charge in [0, 0.05) is 43.3 Å². The third kappa shape index (κ3) is 3.74. The van der Waals surface area contributed by atoms with Crippen LogP contribution in [0.3, 0.4) is 0 Å². The number of benzene rings is 1. The van der Waals surface area contributed by atoms with E-state index in [1.807, 2.05) is 31.2 Å². The van der Waals surface area contributed by atoms with Crippen LogP contribution < -0.4 is 21.3 Å². The minimum Gasteiger partial charge on any atom is -0.397 e. The summed E-state index contributed by atoms with van der Waals surface area (Å²) in [5, 5.41) is 7.23. The average Bonchev–Trinajstić information content (AvgIpc) is 3.10. The summed E-state index contributed by atoms with van der Waals surface area (Å²) in [5.74, 6) is -0.274. The van der Waals surface area contributed by atoms with Crippen molar-refractivity contribution < 1.29 is 9.18 Å². The molecule has 4 N–H and O–H groups in total. The molecule has 1 aromatic carbocycles. The highest BCUT2D eigenvalue weighted by Crippen LogP contribution is 2.34. The third-order valence-electron chi connectivity index (χ3n) is 6.26. The Morgan fingerprint density at radius 2 is 2.10 bits per heavy atom. The van der Waals surface area contributed by atoms with E-state index in [-0.39, 0.29) is 17.8 Å². The van der Waals surface area contributed by atoms with Gasteiger partial charge in [-0.1, -0.05) is 6.07 Å². The van der Waals surface area contributed by atoms with Crippen molar-refractivity contribution in [2.24, 2.45) is 0 Å². The first kappa shape index (κ1) is 20.2. The number of pyridine rings is 1. The second-order valence-electron chi connectivity index (χ2n) is 8.34. The van der Waals surface area contributed by atoms with Crippen LogP contribution >= 0.6 is 11.3 Å². The van der Waals surface area contributed by atoms with Gasteiger partial charge in [0.1, 0.15) is 15.5 Å². The standard InChI is InChI=1S/C23H26FN5OS/c1-13-2-5-17-20(25)21(31-23(17)27-13)22(30)28-15-4-6-16-14(12-15)3-7-18(19(16)24)29-10-8-26-9-11-29/h2-3,5,7,15,26H,4,6,8-12,25H2,1H3,(H,28,30). The van der Waals surface area contributed by atoms with E-state index in [0.717, 1.165) is 53.2 Å². The molecule has 5 rings (SSSR count). The summed E-state index contributed by atoms with van der Waals surface area (Å²) < 4.78 is 15.2. The first-order valence-corrected chi connectivity index (χ1v) is 11.6. The predicted octanol–water partition coefficient (Wildman–Crippen LogP) is 3.02. The second-order valence-corrected chi connectivity index (χ2v) is 9.34. The lowest BCUT2D eigenvalue weighted by atomic mass is 9.87. The van der Waals surface area contributed by atoms with Crippen molar-refractivity contribution in [3.8, 4) is 0 Å². The molecule has 1 fully saturated rings. The van der Waals surface area contributed by atoms with Crippen molar-refractivity contribution in [1.29, 1.82) is 0 Å². The van der Waals surface area contributed by atoms with Gasteiger partial charge >= 0.3 is 0 Å². The molecule has 162 valence electrons. The zero-order valence-corrected chi connectivity index (χ0v) is 18.3. The third-order valence-corrected chi connectivity index (χ3v) is 7.38. The number of nitrogens with two attached hydrogens (primary N) is 1. The van der Waals surface area contributed by atoms with Gasteiger partial charge < -0.3 is 21.3 Å². The molecule has 2 aliphatic rings. The molecule has 1 atom stereocenters. The summed E-state index contributed by atoms with van der Waals surface area (Å²) in [6.45, 7) is 5.31. The minimum atomic E-state index is -0.176.